The number of amides is 2. The third kappa shape index (κ3) is 6.83. The summed E-state index contributed by atoms with van der Waals surface area (Å²) < 4.78 is 10.7. The van der Waals surface area contributed by atoms with Gasteiger partial charge in [0.1, 0.15) is 0 Å². The van der Waals surface area contributed by atoms with E-state index in [2.05, 4.69) is 14.7 Å². The van der Waals surface area contributed by atoms with E-state index in [9.17, 15) is 14.4 Å². The molecule has 9 nitrogen and oxygen atoms in total. The molecule has 0 radical (unpaired) electrons. The van der Waals surface area contributed by atoms with Crippen LogP contribution in [0.25, 0.3) is 0 Å². The van der Waals surface area contributed by atoms with Crippen LogP contribution in [0.4, 0.5) is 0 Å². The van der Waals surface area contributed by atoms with Gasteiger partial charge in [-0.25, -0.2) is 4.98 Å². The minimum atomic E-state index is -0.391. The van der Waals surface area contributed by atoms with Crippen molar-refractivity contribution >= 4 is 29.1 Å². The first-order valence-corrected chi connectivity index (χ1v) is 10.9. The van der Waals surface area contributed by atoms with Gasteiger partial charge in [0, 0.05) is 37.4 Å². The molecule has 3 heterocycles. The summed E-state index contributed by atoms with van der Waals surface area (Å²) in [5, 5.41) is 2.75. The molecule has 0 spiro atoms. The van der Waals surface area contributed by atoms with Crippen LogP contribution in [0.5, 0.6) is 0 Å². The van der Waals surface area contributed by atoms with Crippen molar-refractivity contribution in [3.63, 3.8) is 0 Å². The van der Waals surface area contributed by atoms with Gasteiger partial charge in [-0.3, -0.25) is 19.4 Å². The van der Waals surface area contributed by atoms with E-state index in [1.165, 1.54) is 23.3 Å². The minimum absolute atomic E-state index is 0.0573. The molecule has 0 N–H and O–H groups in total. The number of pyridine rings is 1. The number of carbonyl (C=O) groups excluding carboxylic acids is 3. The van der Waals surface area contributed by atoms with Crippen molar-refractivity contribution in [3.8, 4) is 0 Å². The minimum Gasteiger partial charge on any atom is -0.469 e. The molecule has 31 heavy (non-hydrogen) atoms. The maximum atomic E-state index is 12.9. The van der Waals surface area contributed by atoms with Crippen LogP contribution in [0.1, 0.15) is 22.7 Å². The molecule has 1 atom stereocenters. The third-order valence-corrected chi connectivity index (χ3v) is 5.75. The number of nitrogens with zero attached hydrogens (tertiary/aromatic N) is 4. The standard InChI is InChI=1S/C21H26N4O5S/c1-15-23-17(14-31-15)9-19(26)25-11-18(30-13-16-3-6-22-7-4-16)10-24(20(27)12-25)8-5-21(28)29-2/h3-4,6-7,14,18H,5,8-13H2,1-2H3/t18-/m0/s1. The van der Waals surface area contributed by atoms with E-state index in [1.807, 2.05) is 24.4 Å². The summed E-state index contributed by atoms with van der Waals surface area (Å²) in [6.45, 7) is 2.95. The SMILES string of the molecule is COC(=O)CCN1C[C@H](OCc2ccncc2)CN(C(=O)Cc2csc(C)n2)CC1=O. The topological polar surface area (TPSA) is 102 Å². The van der Waals surface area contributed by atoms with Crippen LogP contribution in [0.3, 0.4) is 0 Å². The summed E-state index contributed by atoms with van der Waals surface area (Å²) in [4.78, 5) is 48.7. The normalized spacial score (nSPS) is 16.8. The number of rotatable bonds is 8. The molecule has 2 aromatic rings. The number of hydrogen-bond donors (Lipinski definition) is 0. The molecule has 1 aliphatic rings. The van der Waals surface area contributed by atoms with Crippen molar-refractivity contribution in [3.05, 3.63) is 46.2 Å². The van der Waals surface area contributed by atoms with E-state index in [0.717, 1.165) is 10.6 Å². The highest BCUT2D eigenvalue weighted by atomic mass is 32.1. The zero-order valence-corrected chi connectivity index (χ0v) is 18.5. The first-order chi connectivity index (χ1) is 14.9. The predicted molar refractivity (Wildman–Crippen MR) is 113 cm³/mol. The second kappa shape index (κ2) is 11.0. The fraction of sp³-hybridized carbons (Fsp3) is 0.476. The monoisotopic (exact) mass is 446 g/mol. The zero-order valence-electron chi connectivity index (χ0n) is 17.7. The van der Waals surface area contributed by atoms with Gasteiger partial charge in [0.25, 0.3) is 0 Å². The average Bonchev–Trinajstić information content (AvgIpc) is 3.10. The van der Waals surface area contributed by atoms with Crippen molar-refractivity contribution in [2.45, 2.75) is 32.5 Å². The molecule has 2 aromatic heterocycles. The molecule has 0 unspecified atom stereocenters. The van der Waals surface area contributed by atoms with Gasteiger partial charge in [-0.2, -0.15) is 0 Å². The summed E-state index contributed by atoms with van der Waals surface area (Å²) in [5.74, 6) is -0.786. The van der Waals surface area contributed by atoms with Crippen LogP contribution in [-0.4, -0.2) is 76.9 Å². The zero-order chi connectivity index (χ0) is 22.2. The van der Waals surface area contributed by atoms with Crippen LogP contribution in [-0.2, 0) is 36.9 Å². The highest BCUT2D eigenvalue weighted by Crippen LogP contribution is 2.15. The second-order valence-electron chi connectivity index (χ2n) is 7.26. The highest BCUT2D eigenvalue weighted by molar-refractivity contribution is 7.09. The Labute approximate surface area is 185 Å². The van der Waals surface area contributed by atoms with Crippen LogP contribution in [0.15, 0.2) is 29.9 Å². The Kier molecular flexibility index (Phi) is 8.07. The van der Waals surface area contributed by atoms with Gasteiger partial charge >= 0.3 is 5.97 Å². The van der Waals surface area contributed by atoms with E-state index in [-0.39, 0.29) is 44.3 Å². The lowest BCUT2D eigenvalue weighted by Gasteiger charge is -2.24. The molecular formula is C21H26N4O5S. The Balaban J connectivity index is 1.69. The smallest absolute Gasteiger partial charge is 0.307 e. The number of methoxy groups -OCH3 is 1. The third-order valence-electron chi connectivity index (χ3n) is 4.93. The Morgan fingerprint density at radius 3 is 2.71 bits per heavy atom. The molecule has 2 amide bonds. The molecule has 1 aliphatic heterocycles. The van der Waals surface area contributed by atoms with Crippen molar-refractivity contribution in [2.75, 3.05) is 33.3 Å². The average molecular weight is 447 g/mol. The van der Waals surface area contributed by atoms with Crippen molar-refractivity contribution in [1.29, 1.82) is 0 Å². The van der Waals surface area contributed by atoms with Crippen LogP contribution >= 0.6 is 11.3 Å². The first-order valence-electron chi connectivity index (χ1n) is 9.98. The first kappa shape index (κ1) is 22.8. The van der Waals surface area contributed by atoms with Gasteiger partial charge in [-0.1, -0.05) is 0 Å². The van der Waals surface area contributed by atoms with Crippen LogP contribution < -0.4 is 0 Å². The molecule has 0 saturated carbocycles. The summed E-state index contributed by atoms with van der Waals surface area (Å²) in [7, 11) is 1.31. The van der Waals surface area contributed by atoms with Crippen LogP contribution in [0, 0.1) is 6.92 Å². The molecular weight excluding hydrogens is 420 g/mol. The van der Waals surface area contributed by atoms with E-state index in [1.54, 1.807) is 17.3 Å². The van der Waals surface area contributed by atoms with E-state index >= 15 is 0 Å². The summed E-state index contributed by atoms with van der Waals surface area (Å²) in [6, 6.07) is 3.70. The maximum Gasteiger partial charge on any atom is 0.307 e. The number of esters is 1. The largest absolute Gasteiger partial charge is 0.469 e. The Morgan fingerprint density at radius 1 is 1.26 bits per heavy atom. The lowest BCUT2D eigenvalue weighted by atomic mass is 10.2. The lowest BCUT2D eigenvalue weighted by molar-refractivity contribution is -0.142. The van der Waals surface area contributed by atoms with E-state index in [4.69, 9.17) is 4.74 Å². The number of aryl methyl sites for hydroxylation is 1. The number of thiazole rings is 1. The number of ether oxygens (including phenoxy) is 2. The molecule has 0 aromatic carbocycles. The molecule has 3 rings (SSSR count). The second-order valence-corrected chi connectivity index (χ2v) is 8.33. The van der Waals surface area contributed by atoms with E-state index in [0.29, 0.717) is 18.8 Å². The maximum absolute atomic E-state index is 12.9. The van der Waals surface area contributed by atoms with Gasteiger partial charge in [-0.05, 0) is 24.6 Å². The van der Waals surface area contributed by atoms with Gasteiger partial charge in [0.2, 0.25) is 11.8 Å². The Morgan fingerprint density at radius 2 is 2.03 bits per heavy atom. The summed E-state index contributed by atoms with van der Waals surface area (Å²) >= 11 is 1.49. The number of carbonyl (C=O) groups is 3. The molecule has 0 aliphatic carbocycles. The molecule has 1 saturated heterocycles. The van der Waals surface area contributed by atoms with Gasteiger partial charge in [0.05, 0.1) is 49.9 Å². The summed E-state index contributed by atoms with van der Waals surface area (Å²) in [5.41, 5.74) is 1.64. The highest BCUT2D eigenvalue weighted by Gasteiger charge is 2.31. The number of aromatic nitrogens is 2. The van der Waals surface area contributed by atoms with Crippen molar-refractivity contribution in [2.24, 2.45) is 0 Å². The van der Waals surface area contributed by atoms with Gasteiger partial charge < -0.3 is 19.3 Å². The Hall–Kier alpha value is -2.85. The Bertz CT molecular complexity index is 904. The molecule has 0 bridgehead atoms. The summed E-state index contributed by atoms with van der Waals surface area (Å²) in [6.07, 6.45) is 3.20. The van der Waals surface area contributed by atoms with Gasteiger partial charge in [0.15, 0.2) is 0 Å². The quantitative estimate of drug-likeness (QED) is 0.562. The molecule has 166 valence electrons. The number of hydrogen-bond acceptors (Lipinski definition) is 8. The molecule has 10 heteroatoms. The van der Waals surface area contributed by atoms with Crippen molar-refractivity contribution < 1.29 is 23.9 Å². The predicted octanol–water partition coefficient (Wildman–Crippen LogP) is 1.21. The fourth-order valence-corrected chi connectivity index (χ4v) is 3.88. The van der Waals surface area contributed by atoms with Crippen molar-refractivity contribution in [1.82, 2.24) is 19.8 Å². The van der Waals surface area contributed by atoms with Gasteiger partial charge in [-0.15, -0.1) is 11.3 Å². The van der Waals surface area contributed by atoms with E-state index < -0.39 is 12.1 Å². The molecule has 1 fully saturated rings. The lowest BCUT2D eigenvalue weighted by Crippen LogP contribution is -2.40. The fourth-order valence-electron chi connectivity index (χ4n) is 3.27. The van der Waals surface area contributed by atoms with Crippen LogP contribution in [0.2, 0.25) is 0 Å².